The molecule has 1 saturated heterocycles. The lowest BCUT2D eigenvalue weighted by atomic mass is 10.0. The van der Waals surface area contributed by atoms with Crippen molar-refractivity contribution < 1.29 is 17.9 Å². The minimum Gasteiger partial charge on any atom is -0.396 e. The maximum atomic E-state index is 13.6. The molecule has 0 radical (unpaired) electrons. The van der Waals surface area contributed by atoms with E-state index in [0.717, 1.165) is 6.42 Å². The molecule has 0 aliphatic carbocycles. The lowest BCUT2D eigenvalue weighted by Crippen LogP contribution is -2.43. The van der Waals surface area contributed by atoms with Crippen LogP contribution < -0.4 is 4.72 Å². The number of aliphatic hydroxyl groups excluding tert-OH is 1. The van der Waals surface area contributed by atoms with Gasteiger partial charge in [-0.25, -0.2) is 4.39 Å². The van der Waals surface area contributed by atoms with Crippen LogP contribution in [0, 0.1) is 11.7 Å². The van der Waals surface area contributed by atoms with Crippen LogP contribution in [0.2, 0.25) is 0 Å². The van der Waals surface area contributed by atoms with Gasteiger partial charge in [-0.3, -0.25) is 4.72 Å². The van der Waals surface area contributed by atoms with Crippen LogP contribution in [0.25, 0.3) is 0 Å². The van der Waals surface area contributed by atoms with Crippen LogP contribution in [0.1, 0.15) is 12.8 Å². The summed E-state index contributed by atoms with van der Waals surface area (Å²) in [6, 6.07) is 4.06. The van der Waals surface area contributed by atoms with Crippen LogP contribution in [0.4, 0.5) is 10.1 Å². The molecular formula is C12H16BrFN2O3S. The van der Waals surface area contributed by atoms with Crippen molar-refractivity contribution in [3.63, 3.8) is 0 Å². The van der Waals surface area contributed by atoms with Gasteiger partial charge in [-0.05, 0) is 37.0 Å². The lowest BCUT2D eigenvalue weighted by Gasteiger charge is -2.31. The quantitative estimate of drug-likeness (QED) is 0.855. The molecule has 1 atom stereocenters. The Labute approximate surface area is 126 Å². The number of hydrogen-bond acceptors (Lipinski definition) is 3. The highest BCUT2D eigenvalue weighted by Gasteiger charge is 2.29. The molecule has 5 nitrogen and oxygen atoms in total. The summed E-state index contributed by atoms with van der Waals surface area (Å²) < 4.78 is 42.2. The molecule has 1 aromatic rings. The van der Waals surface area contributed by atoms with E-state index in [1.807, 2.05) is 0 Å². The van der Waals surface area contributed by atoms with Gasteiger partial charge in [0, 0.05) is 24.2 Å². The van der Waals surface area contributed by atoms with Crippen LogP contribution in [0.15, 0.2) is 22.7 Å². The Kier molecular flexibility index (Phi) is 5.00. The highest BCUT2D eigenvalue weighted by Crippen LogP contribution is 2.24. The van der Waals surface area contributed by atoms with Crippen LogP contribution in [0.3, 0.4) is 0 Å². The second-order valence-electron chi connectivity index (χ2n) is 4.78. The number of rotatable bonds is 4. The maximum absolute atomic E-state index is 13.6. The number of anilines is 1. The van der Waals surface area contributed by atoms with E-state index in [4.69, 9.17) is 5.11 Å². The first-order valence-corrected chi connectivity index (χ1v) is 8.49. The number of halogens is 2. The van der Waals surface area contributed by atoms with E-state index >= 15 is 0 Å². The van der Waals surface area contributed by atoms with Crippen molar-refractivity contribution in [2.24, 2.45) is 5.92 Å². The van der Waals surface area contributed by atoms with Crippen LogP contribution in [0.5, 0.6) is 0 Å². The van der Waals surface area contributed by atoms with E-state index in [-0.39, 0.29) is 24.8 Å². The number of piperidine rings is 1. The second kappa shape index (κ2) is 6.38. The molecule has 112 valence electrons. The highest BCUT2D eigenvalue weighted by molar-refractivity contribution is 9.10. The highest BCUT2D eigenvalue weighted by atomic mass is 79.9. The molecule has 0 aromatic heterocycles. The average molecular weight is 367 g/mol. The summed E-state index contributed by atoms with van der Waals surface area (Å²) in [5.74, 6) is -0.694. The first-order valence-electron chi connectivity index (χ1n) is 6.26. The van der Waals surface area contributed by atoms with Gasteiger partial charge in [0.15, 0.2) is 0 Å². The predicted octanol–water partition coefficient (Wildman–Crippen LogP) is 1.95. The zero-order valence-electron chi connectivity index (χ0n) is 10.7. The molecule has 1 aromatic carbocycles. The van der Waals surface area contributed by atoms with Crippen molar-refractivity contribution in [2.75, 3.05) is 24.4 Å². The summed E-state index contributed by atoms with van der Waals surface area (Å²) in [6.45, 7) is 0.584. The largest absolute Gasteiger partial charge is 0.396 e. The first kappa shape index (κ1) is 15.7. The van der Waals surface area contributed by atoms with E-state index < -0.39 is 16.0 Å². The van der Waals surface area contributed by atoms with Crippen molar-refractivity contribution >= 4 is 31.8 Å². The number of benzene rings is 1. The molecule has 1 unspecified atom stereocenters. The fourth-order valence-corrected chi connectivity index (χ4v) is 3.87. The molecule has 20 heavy (non-hydrogen) atoms. The van der Waals surface area contributed by atoms with E-state index in [9.17, 15) is 12.8 Å². The van der Waals surface area contributed by atoms with E-state index in [2.05, 4.69) is 20.7 Å². The SMILES string of the molecule is O=S(=O)(Nc1cc(Br)ccc1F)N1CCCC(CO)C1. The summed E-state index contributed by atoms with van der Waals surface area (Å²) in [4.78, 5) is 0. The van der Waals surface area contributed by atoms with Gasteiger partial charge in [0.2, 0.25) is 0 Å². The molecule has 1 aliphatic rings. The maximum Gasteiger partial charge on any atom is 0.301 e. The van der Waals surface area contributed by atoms with Gasteiger partial charge in [0.05, 0.1) is 5.69 Å². The average Bonchev–Trinajstić information content (AvgIpc) is 2.43. The number of hydrogen-bond donors (Lipinski definition) is 2. The van der Waals surface area contributed by atoms with Crippen LogP contribution in [-0.4, -0.2) is 37.5 Å². The number of nitrogens with zero attached hydrogens (tertiary/aromatic N) is 1. The van der Waals surface area contributed by atoms with Crippen molar-refractivity contribution in [2.45, 2.75) is 12.8 Å². The van der Waals surface area contributed by atoms with Gasteiger partial charge in [0.25, 0.3) is 0 Å². The fourth-order valence-electron chi connectivity index (χ4n) is 2.17. The number of nitrogens with one attached hydrogen (secondary N) is 1. The summed E-state index contributed by atoms with van der Waals surface area (Å²) in [5.41, 5.74) is -0.0921. The van der Waals surface area contributed by atoms with Crippen molar-refractivity contribution in [1.29, 1.82) is 0 Å². The van der Waals surface area contributed by atoms with Gasteiger partial charge in [-0.2, -0.15) is 12.7 Å². The van der Waals surface area contributed by atoms with Gasteiger partial charge in [-0.15, -0.1) is 0 Å². The third-order valence-electron chi connectivity index (χ3n) is 3.25. The van der Waals surface area contributed by atoms with Crippen LogP contribution >= 0.6 is 15.9 Å². The van der Waals surface area contributed by atoms with Crippen molar-refractivity contribution in [1.82, 2.24) is 4.31 Å². The topological polar surface area (TPSA) is 69.6 Å². The molecule has 1 fully saturated rings. The van der Waals surface area contributed by atoms with E-state index in [1.54, 1.807) is 0 Å². The van der Waals surface area contributed by atoms with Gasteiger partial charge in [0.1, 0.15) is 5.82 Å². The summed E-state index contributed by atoms with van der Waals surface area (Å²) in [5, 5.41) is 9.14. The van der Waals surface area contributed by atoms with Gasteiger partial charge >= 0.3 is 10.2 Å². The Morgan fingerprint density at radius 2 is 2.25 bits per heavy atom. The molecule has 1 aliphatic heterocycles. The van der Waals surface area contributed by atoms with Gasteiger partial charge < -0.3 is 5.11 Å². The number of aliphatic hydroxyl groups is 1. The Hall–Kier alpha value is -0.700. The smallest absolute Gasteiger partial charge is 0.301 e. The standard InChI is InChI=1S/C12H16BrFN2O3S/c13-10-3-4-11(14)12(6-10)15-20(18,19)16-5-1-2-9(7-16)8-17/h3-4,6,9,15,17H,1-2,5,7-8H2. The third kappa shape index (κ3) is 3.69. The molecule has 0 saturated carbocycles. The molecule has 1 heterocycles. The normalized spacial score (nSPS) is 20.9. The Bertz CT molecular complexity index is 582. The minimum absolute atomic E-state index is 0.0444. The molecule has 8 heteroatoms. The second-order valence-corrected chi connectivity index (χ2v) is 7.37. The molecule has 2 rings (SSSR count). The Morgan fingerprint density at radius 3 is 2.95 bits per heavy atom. The molecule has 2 N–H and O–H groups in total. The molecular weight excluding hydrogens is 351 g/mol. The summed E-state index contributed by atoms with van der Waals surface area (Å²) >= 11 is 3.17. The lowest BCUT2D eigenvalue weighted by molar-refractivity contribution is 0.166. The van der Waals surface area contributed by atoms with Crippen molar-refractivity contribution in [3.8, 4) is 0 Å². The zero-order valence-corrected chi connectivity index (χ0v) is 13.1. The Morgan fingerprint density at radius 1 is 1.50 bits per heavy atom. The first-order chi connectivity index (χ1) is 9.42. The third-order valence-corrected chi connectivity index (χ3v) is 5.23. The fraction of sp³-hybridized carbons (Fsp3) is 0.500. The molecule has 0 spiro atoms. The Balaban J connectivity index is 2.16. The predicted molar refractivity (Wildman–Crippen MR) is 78.0 cm³/mol. The van der Waals surface area contributed by atoms with Crippen LogP contribution in [-0.2, 0) is 10.2 Å². The van der Waals surface area contributed by atoms with Crippen molar-refractivity contribution in [3.05, 3.63) is 28.5 Å². The van der Waals surface area contributed by atoms with Gasteiger partial charge in [-0.1, -0.05) is 15.9 Å². The molecule has 0 amide bonds. The zero-order chi connectivity index (χ0) is 14.8. The van der Waals surface area contributed by atoms with E-state index in [0.29, 0.717) is 17.4 Å². The molecule has 0 bridgehead atoms. The van der Waals surface area contributed by atoms with E-state index in [1.165, 1.54) is 22.5 Å². The minimum atomic E-state index is -3.81. The monoisotopic (exact) mass is 366 g/mol. The summed E-state index contributed by atoms with van der Waals surface area (Å²) in [6.07, 6.45) is 1.49. The summed E-state index contributed by atoms with van der Waals surface area (Å²) in [7, 11) is -3.81.